The fraction of sp³-hybridized carbons (Fsp3) is 0.0417. The van der Waals surface area contributed by atoms with Gasteiger partial charge in [-0.2, -0.15) is 0 Å². The third kappa shape index (κ3) is 5.24. The van der Waals surface area contributed by atoms with Crippen LogP contribution in [0.1, 0.15) is 17.0 Å². The molecule has 0 saturated carbocycles. The van der Waals surface area contributed by atoms with Gasteiger partial charge in [-0.15, -0.1) is 11.3 Å². The number of rotatable bonds is 6. The first-order chi connectivity index (χ1) is 14.7. The highest BCUT2D eigenvalue weighted by Crippen LogP contribution is 2.24. The van der Waals surface area contributed by atoms with Crippen LogP contribution in [0.4, 0.5) is 10.1 Å². The van der Waals surface area contributed by atoms with Gasteiger partial charge in [0.1, 0.15) is 10.8 Å². The van der Waals surface area contributed by atoms with Crippen molar-refractivity contribution in [2.45, 2.75) is 6.42 Å². The lowest BCUT2D eigenvalue weighted by atomic mass is 10.1. The number of carbonyl (C=O) groups excluding carboxylic acids is 1. The van der Waals surface area contributed by atoms with E-state index in [0.29, 0.717) is 22.0 Å². The van der Waals surface area contributed by atoms with Gasteiger partial charge in [0.05, 0.1) is 17.8 Å². The van der Waals surface area contributed by atoms with Gasteiger partial charge in [0.25, 0.3) is 0 Å². The van der Waals surface area contributed by atoms with Crippen molar-refractivity contribution in [3.05, 3.63) is 101 Å². The molecule has 2 heterocycles. The Labute approximate surface area is 177 Å². The van der Waals surface area contributed by atoms with Crippen molar-refractivity contribution in [1.29, 1.82) is 0 Å². The molecule has 1 N–H and O–H groups in total. The highest BCUT2D eigenvalue weighted by Gasteiger charge is 2.10. The maximum Gasteiger partial charge on any atom is 0.230 e. The van der Waals surface area contributed by atoms with Crippen LogP contribution in [0.2, 0.25) is 0 Å². The minimum absolute atomic E-state index is 0.153. The molecule has 4 rings (SSSR count). The Morgan fingerprint density at radius 1 is 1.03 bits per heavy atom. The molecule has 0 radical (unpaired) electrons. The smallest absolute Gasteiger partial charge is 0.230 e. The van der Waals surface area contributed by atoms with Crippen LogP contribution in [0.25, 0.3) is 22.7 Å². The maximum absolute atomic E-state index is 13.4. The maximum atomic E-state index is 13.4. The zero-order valence-corrected chi connectivity index (χ0v) is 16.8. The molecule has 30 heavy (non-hydrogen) atoms. The first kappa shape index (κ1) is 19.7. The Morgan fingerprint density at radius 3 is 2.77 bits per heavy atom. The van der Waals surface area contributed by atoms with Crippen LogP contribution in [0.15, 0.2) is 78.3 Å². The molecule has 2 aromatic carbocycles. The van der Waals surface area contributed by atoms with E-state index >= 15 is 0 Å². The van der Waals surface area contributed by atoms with E-state index in [2.05, 4.69) is 15.3 Å². The van der Waals surface area contributed by atoms with Gasteiger partial charge in [-0.3, -0.25) is 9.78 Å². The summed E-state index contributed by atoms with van der Waals surface area (Å²) in [5.41, 5.74) is 3.90. The number of amides is 1. The highest BCUT2D eigenvalue weighted by atomic mass is 32.1. The van der Waals surface area contributed by atoms with E-state index < -0.39 is 0 Å². The average molecular weight is 415 g/mol. The molecule has 0 fully saturated rings. The molecule has 0 aliphatic carbocycles. The summed E-state index contributed by atoms with van der Waals surface area (Å²) in [6.07, 6.45) is 5.77. The van der Waals surface area contributed by atoms with Gasteiger partial charge in [-0.1, -0.05) is 36.4 Å². The van der Waals surface area contributed by atoms with Crippen LogP contribution in [0.3, 0.4) is 0 Å². The number of nitrogens with one attached hydrogen (secondary N) is 1. The van der Waals surface area contributed by atoms with E-state index in [4.69, 9.17) is 0 Å². The van der Waals surface area contributed by atoms with Gasteiger partial charge < -0.3 is 5.32 Å². The van der Waals surface area contributed by atoms with Gasteiger partial charge in [0, 0.05) is 22.8 Å². The molecule has 0 aliphatic heterocycles. The Bertz CT molecular complexity index is 1190. The Balaban J connectivity index is 1.39. The van der Waals surface area contributed by atoms with Crippen molar-refractivity contribution in [1.82, 2.24) is 9.97 Å². The number of pyridine rings is 1. The number of anilines is 1. The largest absolute Gasteiger partial charge is 0.326 e. The van der Waals surface area contributed by atoms with Gasteiger partial charge >= 0.3 is 0 Å². The van der Waals surface area contributed by atoms with E-state index in [0.717, 1.165) is 11.3 Å². The molecule has 0 atom stereocenters. The normalized spacial score (nSPS) is 11.0. The summed E-state index contributed by atoms with van der Waals surface area (Å²) >= 11 is 1.39. The predicted octanol–water partition coefficient (Wildman–Crippen LogP) is 5.70. The topological polar surface area (TPSA) is 54.9 Å². The first-order valence-corrected chi connectivity index (χ1v) is 10.2. The third-order valence-electron chi connectivity index (χ3n) is 4.27. The van der Waals surface area contributed by atoms with Crippen molar-refractivity contribution >= 4 is 35.1 Å². The highest BCUT2D eigenvalue weighted by molar-refractivity contribution is 7.13. The Kier molecular flexibility index (Phi) is 6.06. The number of hydrogen-bond donors (Lipinski definition) is 1. The molecule has 4 nitrogen and oxygen atoms in total. The third-order valence-corrected chi connectivity index (χ3v) is 5.21. The molecular weight excluding hydrogens is 397 g/mol. The van der Waals surface area contributed by atoms with Crippen molar-refractivity contribution < 1.29 is 9.18 Å². The Hall–Kier alpha value is -3.64. The van der Waals surface area contributed by atoms with E-state index in [-0.39, 0.29) is 18.1 Å². The number of hydrogen-bond acceptors (Lipinski definition) is 4. The van der Waals surface area contributed by atoms with Gasteiger partial charge in [0.2, 0.25) is 5.91 Å². The fourth-order valence-electron chi connectivity index (χ4n) is 2.89. The minimum Gasteiger partial charge on any atom is -0.326 e. The number of halogens is 1. The number of benzene rings is 2. The van der Waals surface area contributed by atoms with Crippen molar-refractivity contribution in [3.8, 4) is 10.6 Å². The molecule has 148 valence electrons. The summed E-state index contributed by atoms with van der Waals surface area (Å²) in [6, 6.07) is 19.6. The van der Waals surface area contributed by atoms with E-state index in [1.165, 1.54) is 23.5 Å². The SMILES string of the molecule is O=C(Cc1csc(-c2cccc(F)c2)n1)Nc1cccc(C=Cc2ccccn2)c1. The minimum atomic E-state index is -0.307. The molecule has 6 heteroatoms. The van der Waals surface area contributed by atoms with Crippen LogP contribution in [-0.2, 0) is 11.2 Å². The zero-order valence-electron chi connectivity index (χ0n) is 16.0. The molecule has 4 aromatic rings. The van der Waals surface area contributed by atoms with Crippen molar-refractivity contribution in [2.24, 2.45) is 0 Å². The first-order valence-electron chi connectivity index (χ1n) is 9.35. The second kappa shape index (κ2) is 9.24. The van der Waals surface area contributed by atoms with Gasteiger partial charge in [0.15, 0.2) is 0 Å². The molecule has 2 aromatic heterocycles. The summed E-state index contributed by atoms with van der Waals surface area (Å²) < 4.78 is 13.4. The number of thiazole rings is 1. The number of carbonyl (C=O) groups is 1. The number of aromatic nitrogens is 2. The second-order valence-electron chi connectivity index (χ2n) is 6.59. The van der Waals surface area contributed by atoms with Crippen LogP contribution in [0, 0.1) is 5.82 Å². The molecule has 0 unspecified atom stereocenters. The lowest BCUT2D eigenvalue weighted by Gasteiger charge is -2.05. The van der Waals surface area contributed by atoms with Crippen LogP contribution in [0.5, 0.6) is 0 Å². The molecule has 0 bridgehead atoms. The van der Waals surface area contributed by atoms with E-state index in [1.54, 1.807) is 18.3 Å². The molecular formula is C24H18FN3OS. The molecule has 0 spiro atoms. The summed E-state index contributed by atoms with van der Waals surface area (Å²) in [5, 5.41) is 5.42. The molecule has 0 aliphatic rings. The predicted molar refractivity (Wildman–Crippen MR) is 119 cm³/mol. The molecule has 1 amide bonds. The van der Waals surface area contributed by atoms with E-state index in [1.807, 2.05) is 60.0 Å². The van der Waals surface area contributed by atoms with E-state index in [9.17, 15) is 9.18 Å². The van der Waals surface area contributed by atoms with Gasteiger partial charge in [-0.05, 0) is 48.0 Å². The summed E-state index contributed by atoms with van der Waals surface area (Å²) in [4.78, 5) is 21.2. The fourth-order valence-corrected chi connectivity index (χ4v) is 3.70. The summed E-state index contributed by atoms with van der Waals surface area (Å²) in [5.74, 6) is -0.462. The zero-order chi connectivity index (χ0) is 20.8. The standard InChI is InChI=1S/C24H18FN3OS/c25-19-7-4-6-18(14-19)24-28-22(16-30-24)15-23(29)27-21-9-3-5-17(13-21)10-11-20-8-1-2-12-26-20/h1-14,16H,15H2,(H,27,29). The van der Waals surface area contributed by atoms with Crippen molar-refractivity contribution in [2.75, 3.05) is 5.32 Å². The van der Waals surface area contributed by atoms with Crippen LogP contribution >= 0.6 is 11.3 Å². The van der Waals surface area contributed by atoms with Crippen LogP contribution in [-0.4, -0.2) is 15.9 Å². The lowest BCUT2D eigenvalue weighted by Crippen LogP contribution is -2.14. The van der Waals surface area contributed by atoms with Crippen LogP contribution < -0.4 is 5.32 Å². The van der Waals surface area contributed by atoms with Crippen molar-refractivity contribution in [3.63, 3.8) is 0 Å². The Morgan fingerprint density at radius 2 is 1.93 bits per heavy atom. The van der Waals surface area contributed by atoms with Gasteiger partial charge in [-0.25, -0.2) is 9.37 Å². The average Bonchev–Trinajstić information content (AvgIpc) is 3.22. The lowest BCUT2D eigenvalue weighted by molar-refractivity contribution is -0.115. The number of nitrogens with zero attached hydrogens (tertiary/aromatic N) is 2. The monoisotopic (exact) mass is 415 g/mol. The molecule has 0 saturated heterocycles. The second-order valence-corrected chi connectivity index (χ2v) is 7.45. The summed E-state index contributed by atoms with van der Waals surface area (Å²) in [6.45, 7) is 0. The quantitative estimate of drug-likeness (QED) is 0.440. The summed E-state index contributed by atoms with van der Waals surface area (Å²) in [7, 11) is 0.